The number of hydrogen-bond acceptors (Lipinski definition) is 3. The maximum absolute atomic E-state index is 5.81. The van der Waals surface area contributed by atoms with Gasteiger partial charge in [0.05, 0.1) is 17.5 Å². The molecule has 0 saturated carbocycles. The quantitative estimate of drug-likeness (QED) is 0.816. The van der Waals surface area contributed by atoms with Gasteiger partial charge in [0, 0.05) is 17.6 Å². The van der Waals surface area contributed by atoms with Crippen LogP contribution in [-0.2, 0) is 4.74 Å². The molecule has 0 aliphatic carbocycles. The molecule has 1 aromatic rings. The summed E-state index contributed by atoms with van der Waals surface area (Å²) in [6, 6.07) is 5.79. The fourth-order valence-corrected chi connectivity index (χ4v) is 1.71. The molecular weight excluding hydrogens is 244 g/mol. The van der Waals surface area contributed by atoms with E-state index < -0.39 is 0 Å². The molecule has 1 saturated heterocycles. The molecule has 1 aromatic carbocycles. The van der Waals surface area contributed by atoms with Gasteiger partial charge in [-0.2, -0.15) is 0 Å². The molecule has 0 unspecified atom stereocenters. The second-order valence-corrected chi connectivity index (χ2v) is 4.31. The van der Waals surface area contributed by atoms with Gasteiger partial charge in [0.25, 0.3) is 0 Å². The first kappa shape index (κ1) is 9.80. The van der Waals surface area contributed by atoms with Crippen molar-refractivity contribution in [1.82, 2.24) is 0 Å². The molecular formula is C10H13BrN2O. The molecule has 2 rings (SSSR count). The summed E-state index contributed by atoms with van der Waals surface area (Å²) < 4.78 is 6.34. The second-order valence-electron chi connectivity index (χ2n) is 3.39. The van der Waals surface area contributed by atoms with Gasteiger partial charge in [0.1, 0.15) is 0 Å². The largest absolute Gasteiger partial charge is 0.397 e. The molecule has 0 amide bonds. The Morgan fingerprint density at radius 3 is 3.00 bits per heavy atom. The number of ether oxygens (including phenoxy) is 1. The predicted octanol–water partition coefficient (Wildman–Crippen LogP) is 2.23. The van der Waals surface area contributed by atoms with Crippen LogP contribution in [0, 0.1) is 0 Å². The highest BCUT2D eigenvalue weighted by molar-refractivity contribution is 9.10. The smallest absolute Gasteiger partial charge is 0.0769 e. The van der Waals surface area contributed by atoms with Gasteiger partial charge in [0.15, 0.2) is 0 Å². The fourth-order valence-electron chi connectivity index (χ4n) is 1.35. The first-order valence-electron chi connectivity index (χ1n) is 4.66. The van der Waals surface area contributed by atoms with Crippen molar-refractivity contribution in [3.8, 4) is 0 Å². The van der Waals surface area contributed by atoms with Gasteiger partial charge in [-0.25, -0.2) is 0 Å². The van der Waals surface area contributed by atoms with Gasteiger partial charge in [0.2, 0.25) is 0 Å². The molecule has 1 fully saturated rings. The van der Waals surface area contributed by atoms with Gasteiger partial charge >= 0.3 is 0 Å². The van der Waals surface area contributed by atoms with Crippen molar-refractivity contribution in [3.05, 3.63) is 22.7 Å². The van der Waals surface area contributed by atoms with E-state index in [1.165, 1.54) is 0 Å². The van der Waals surface area contributed by atoms with Gasteiger partial charge in [-0.1, -0.05) is 15.9 Å². The van der Waals surface area contributed by atoms with E-state index in [2.05, 4.69) is 21.2 Å². The van der Waals surface area contributed by atoms with Crippen LogP contribution < -0.4 is 11.1 Å². The van der Waals surface area contributed by atoms with Crippen LogP contribution in [0.2, 0.25) is 0 Å². The third kappa shape index (κ3) is 2.19. The number of anilines is 2. The number of hydrogen-bond donors (Lipinski definition) is 2. The van der Waals surface area contributed by atoms with Crippen LogP contribution in [0.5, 0.6) is 0 Å². The number of nitrogen functional groups attached to an aromatic ring is 1. The van der Waals surface area contributed by atoms with Crippen molar-refractivity contribution < 1.29 is 4.74 Å². The first-order valence-corrected chi connectivity index (χ1v) is 5.45. The lowest BCUT2D eigenvalue weighted by atomic mass is 10.2. The Bertz CT molecular complexity index is 326. The minimum Gasteiger partial charge on any atom is -0.397 e. The Morgan fingerprint density at radius 1 is 1.57 bits per heavy atom. The monoisotopic (exact) mass is 256 g/mol. The molecule has 4 heteroatoms. The summed E-state index contributed by atoms with van der Waals surface area (Å²) in [7, 11) is 0. The molecule has 0 aromatic heterocycles. The molecule has 0 bridgehead atoms. The van der Waals surface area contributed by atoms with Crippen molar-refractivity contribution in [2.75, 3.05) is 24.2 Å². The fraction of sp³-hybridized carbons (Fsp3) is 0.400. The highest BCUT2D eigenvalue weighted by Crippen LogP contribution is 2.24. The van der Waals surface area contributed by atoms with Crippen LogP contribution in [0.25, 0.3) is 0 Å². The SMILES string of the molecule is Nc1ccc(Br)cc1NC[C@@H]1CCO1. The zero-order valence-electron chi connectivity index (χ0n) is 7.79. The van der Waals surface area contributed by atoms with Crippen LogP contribution in [0.15, 0.2) is 22.7 Å². The normalized spacial score (nSPS) is 20.2. The number of halogens is 1. The average molecular weight is 257 g/mol. The summed E-state index contributed by atoms with van der Waals surface area (Å²) >= 11 is 3.41. The molecule has 1 heterocycles. The maximum Gasteiger partial charge on any atom is 0.0769 e. The zero-order valence-corrected chi connectivity index (χ0v) is 9.38. The van der Waals surface area contributed by atoms with Crippen LogP contribution in [0.1, 0.15) is 6.42 Å². The van der Waals surface area contributed by atoms with E-state index in [1.54, 1.807) is 0 Å². The number of nitrogens with one attached hydrogen (secondary N) is 1. The van der Waals surface area contributed by atoms with E-state index in [0.29, 0.717) is 6.10 Å². The minimum atomic E-state index is 0.355. The highest BCUT2D eigenvalue weighted by atomic mass is 79.9. The highest BCUT2D eigenvalue weighted by Gasteiger charge is 2.17. The molecule has 0 radical (unpaired) electrons. The number of benzene rings is 1. The van der Waals surface area contributed by atoms with Gasteiger partial charge < -0.3 is 15.8 Å². The Balaban J connectivity index is 1.96. The van der Waals surface area contributed by atoms with Crippen LogP contribution in [0.3, 0.4) is 0 Å². The number of rotatable bonds is 3. The Labute approximate surface area is 91.8 Å². The summed E-state index contributed by atoms with van der Waals surface area (Å²) in [5.74, 6) is 0. The van der Waals surface area contributed by atoms with Gasteiger partial charge in [-0.15, -0.1) is 0 Å². The predicted molar refractivity (Wildman–Crippen MR) is 61.4 cm³/mol. The third-order valence-electron chi connectivity index (χ3n) is 2.33. The molecule has 3 nitrogen and oxygen atoms in total. The summed E-state index contributed by atoms with van der Waals surface area (Å²) in [6.07, 6.45) is 1.49. The van der Waals surface area contributed by atoms with Crippen molar-refractivity contribution in [2.24, 2.45) is 0 Å². The Kier molecular flexibility index (Phi) is 2.93. The van der Waals surface area contributed by atoms with E-state index in [9.17, 15) is 0 Å². The Morgan fingerprint density at radius 2 is 2.36 bits per heavy atom. The van der Waals surface area contributed by atoms with Gasteiger partial charge in [-0.05, 0) is 24.6 Å². The van der Waals surface area contributed by atoms with Gasteiger partial charge in [-0.3, -0.25) is 0 Å². The topological polar surface area (TPSA) is 47.3 Å². The van der Waals surface area contributed by atoms with E-state index >= 15 is 0 Å². The van der Waals surface area contributed by atoms with Crippen molar-refractivity contribution in [1.29, 1.82) is 0 Å². The molecule has 0 spiro atoms. The summed E-state index contributed by atoms with van der Waals surface area (Å²) in [4.78, 5) is 0. The van der Waals surface area contributed by atoms with Crippen LogP contribution in [0.4, 0.5) is 11.4 Å². The van der Waals surface area contributed by atoms with E-state index in [-0.39, 0.29) is 0 Å². The van der Waals surface area contributed by atoms with Crippen molar-refractivity contribution >= 4 is 27.3 Å². The van der Waals surface area contributed by atoms with E-state index in [0.717, 1.165) is 35.4 Å². The van der Waals surface area contributed by atoms with E-state index in [4.69, 9.17) is 10.5 Å². The zero-order chi connectivity index (χ0) is 9.97. The molecule has 14 heavy (non-hydrogen) atoms. The lowest BCUT2D eigenvalue weighted by Crippen LogP contribution is -2.33. The third-order valence-corrected chi connectivity index (χ3v) is 2.82. The lowest BCUT2D eigenvalue weighted by Gasteiger charge is -2.27. The minimum absolute atomic E-state index is 0.355. The van der Waals surface area contributed by atoms with E-state index in [1.807, 2.05) is 18.2 Å². The summed E-state index contributed by atoms with van der Waals surface area (Å²) in [6.45, 7) is 1.72. The second kappa shape index (κ2) is 4.19. The molecule has 1 aliphatic heterocycles. The average Bonchev–Trinajstić information content (AvgIpc) is 2.08. The Hall–Kier alpha value is -0.740. The van der Waals surface area contributed by atoms with Crippen molar-refractivity contribution in [3.63, 3.8) is 0 Å². The lowest BCUT2D eigenvalue weighted by molar-refractivity contribution is -0.0410. The summed E-state index contributed by atoms with van der Waals surface area (Å²) in [5.41, 5.74) is 7.55. The number of nitrogens with two attached hydrogens (primary N) is 1. The van der Waals surface area contributed by atoms with Crippen molar-refractivity contribution in [2.45, 2.75) is 12.5 Å². The van der Waals surface area contributed by atoms with Crippen LogP contribution >= 0.6 is 15.9 Å². The molecule has 3 N–H and O–H groups in total. The molecule has 1 aliphatic rings. The van der Waals surface area contributed by atoms with Crippen LogP contribution in [-0.4, -0.2) is 19.3 Å². The standard InChI is InChI=1S/C10H13BrN2O/c11-7-1-2-9(12)10(5-7)13-6-8-3-4-14-8/h1-2,5,8,13H,3-4,6,12H2/t8-/m0/s1. The molecule has 76 valence electrons. The first-order chi connectivity index (χ1) is 6.75. The molecule has 1 atom stereocenters. The maximum atomic E-state index is 5.81. The summed E-state index contributed by atoms with van der Waals surface area (Å²) in [5, 5.41) is 3.28.